The quantitative estimate of drug-likeness (QED) is 0.653. The summed E-state index contributed by atoms with van der Waals surface area (Å²) >= 11 is 0. The first-order valence-corrected chi connectivity index (χ1v) is 7.07. The van der Waals surface area contributed by atoms with Crippen LogP contribution in [0.5, 0.6) is 0 Å². The van der Waals surface area contributed by atoms with Crippen molar-refractivity contribution < 1.29 is 24.2 Å². The average Bonchev–Trinajstić information content (AvgIpc) is 2.40. The van der Waals surface area contributed by atoms with Crippen molar-refractivity contribution in [1.29, 1.82) is 0 Å². The lowest BCUT2D eigenvalue weighted by molar-refractivity contribution is -0.142. The molecule has 1 unspecified atom stereocenters. The molecule has 8 nitrogen and oxygen atoms in total. The molecule has 3 amide bonds. The summed E-state index contributed by atoms with van der Waals surface area (Å²) in [6, 6.07) is -1.35. The van der Waals surface area contributed by atoms with Crippen LogP contribution in [0.3, 0.4) is 0 Å². The molecule has 2 rings (SSSR count). The van der Waals surface area contributed by atoms with E-state index in [0.29, 0.717) is 39.1 Å². The molecule has 2 aliphatic rings. The molecular weight excluding hydrogens is 278 g/mol. The highest BCUT2D eigenvalue weighted by atomic mass is 16.5. The zero-order chi connectivity index (χ0) is 15.5. The molecule has 2 saturated heterocycles. The third-order valence-electron chi connectivity index (χ3n) is 3.96. The van der Waals surface area contributed by atoms with Gasteiger partial charge in [-0.15, -0.1) is 0 Å². The van der Waals surface area contributed by atoms with E-state index in [1.165, 1.54) is 4.90 Å². The molecule has 3 N–H and O–H groups in total. The normalized spacial score (nSPS) is 25.1. The summed E-state index contributed by atoms with van der Waals surface area (Å²) in [6.07, 6.45) is 1.00. The maximum absolute atomic E-state index is 12.4. The predicted octanol–water partition coefficient (Wildman–Crippen LogP) is -0.460. The number of amides is 3. The largest absolute Gasteiger partial charge is 0.481 e. The van der Waals surface area contributed by atoms with Gasteiger partial charge in [-0.05, 0) is 19.8 Å². The second-order valence-electron chi connectivity index (χ2n) is 5.70. The highest BCUT2D eigenvalue weighted by molar-refractivity contribution is 5.91. The Labute approximate surface area is 122 Å². The van der Waals surface area contributed by atoms with Crippen LogP contribution in [0, 0.1) is 0 Å². The number of nitrogens with zero attached hydrogens (tertiary/aromatic N) is 1. The van der Waals surface area contributed by atoms with Gasteiger partial charge in [0.15, 0.2) is 0 Å². The Morgan fingerprint density at radius 3 is 2.76 bits per heavy atom. The van der Waals surface area contributed by atoms with Crippen LogP contribution in [0.2, 0.25) is 0 Å². The molecular formula is C13H21N3O5. The number of carboxylic acids is 1. The zero-order valence-electron chi connectivity index (χ0n) is 12.1. The molecule has 0 aliphatic carbocycles. The number of rotatable bonds is 3. The lowest BCUT2D eigenvalue weighted by Crippen LogP contribution is -2.63. The van der Waals surface area contributed by atoms with Crippen LogP contribution in [0.1, 0.15) is 26.2 Å². The van der Waals surface area contributed by atoms with E-state index in [2.05, 4.69) is 10.6 Å². The standard InChI is InChI=1S/C13H21N3O5/c1-13(2-6-21-7-3-13)15-12(20)16-5-4-14-11(19)9(16)8-10(17)18/h9H,2-8H2,1H3,(H,14,19)(H,15,20)(H,17,18). The summed E-state index contributed by atoms with van der Waals surface area (Å²) in [4.78, 5) is 36.4. The van der Waals surface area contributed by atoms with Gasteiger partial charge in [-0.1, -0.05) is 0 Å². The number of hydrogen-bond donors (Lipinski definition) is 3. The lowest BCUT2D eigenvalue weighted by Gasteiger charge is -2.39. The minimum absolute atomic E-state index is 0.308. The third kappa shape index (κ3) is 3.84. The van der Waals surface area contributed by atoms with Crippen LogP contribution in [-0.2, 0) is 14.3 Å². The van der Waals surface area contributed by atoms with Crippen LogP contribution in [0.25, 0.3) is 0 Å². The van der Waals surface area contributed by atoms with Crippen LogP contribution in [-0.4, -0.2) is 65.8 Å². The zero-order valence-corrected chi connectivity index (χ0v) is 12.1. The second kappa shape index (κ2) is 6.30. The van der Waals surface area contributed by atoms with Crippen molar-refractivity contribution in [2.45, 2.75) is 37.8 Å². The van der Waals surface area contributed by atoms with E-state index in [9.17, 15) is 14.4 Å². The molecule has 0 aromatic rings. The highest BCUT2D eigenvalue weighted by Gasteiger charge is 2.37. The van der Waals surface area contributed by atoms with E-state index in [1.54, 1.807) is 0 Å². The van der Waals surface area contributed by atoms with Gasteiger partial charge in [0.1, 0.15) is 6.04 Å². The smallest absolute Gasteiger partial charge is 0.318 e. The van der Waals surface area contributed by atoms with E-state index in [1.807, 2.05) is 6.92 Å². The first-order chi connectivity index (χ1) is 9.91. The fraction of sp³-hybridized carbons (Fsp3) is 0.769. The first kappa shape index (κ1) is 15.6. The first-order valence-electron chi connectivity index (χ1n) is 7.07. The Hall–Kier alpha value is -1.83. The fourth-order valence-corrected chi connectivity index (χ4v) is 2.60. The molecule has 21 heavy (non-hydrogen) atoms. The number of urea groups is 1. The van der Waals surface area contributed by atoms with Crippen molar-refractivity contribution in [2.24, 2.45) is 0 Å². The van der Waals surface area contributed by atoms with Gasteiger partial charge < -0.3 is 25.4 Å². The summed E-state index contributed by atoms with van der Waals surface area (Å²) in [6.45, 7) is 3.74. The SMILES string of the molecule is CC1(NC(=O)N2CCNC(=O)C2CC(=O)O)CCOCC1. The topological polar surface area (TPSA) is 108 Å². The minimum atomic E-state index is -1.10. The van der Waals surface area contributed by atoms with Crippen LogP contribution in [0.15, 0.2) is 0 Å². The van der Waals surface area contributed by atoms with Crippen molar-refractivity contribution in [3.8, 4) is 0 Å². The van der Waals surface area contributed by atoms with E-state index in [-0.39, 0.29) is 18.0 Å². The molecule has 118 valence electrons. The summed E-state index contributed by atoms with van der Waals surface area (Å²) in [5, 5.41) is 14.4. The molecule has 0 aromatic carbocycles. The molecule has 0 bridgehead atoms. The number of piperazine rings is 1. The van der Waals surface area contributed by atoms with E-state index >= 15 is 0 Å². The van der Waals surface area contributed by atoms with Crippen molar-refractivity contribution in [2.75, 3.05) is 26.3 Å². The molecule has 2 fully saturated rings. The van der Waals surface area contributed by atoms with Crippen LogP contribution in [0.4, 0.5) is 4.79 Å². The third-order valence-corrected chi connectivity index (χ3v) is 3.96. The Morgan fingerprint density at radius 2 is 2.14 bits per heavy atom. The minimum Gasteiger partial charge on any atom is -0.481 e. The number of aliphatic carboxylic acids is 1. The number of ether oxygens (including phenoxy) is 1. The van der Waals surface area contributed by atoms with Gasteiger partial charge >= 0.3 is 12.0 Å². The van der Waals surface area contributed by atoms with Crippen LogP contribution < -0.4 is 10.6 Å². The molecule has 0 aromatic heterocycles. The molecule has 0 saturated carbocycles. The van der Waals surface area contributed by atoms with Gasteiger partial charge in [0.05, 0.1) is 6.42 Å². The Bertz CT molecular complexity index is 434. The van der Waals surface area contributed by atoms with E-state index < -0.39 is 17.9 Å². The molecule has 8 heteroatoms. The number of carbonyl (C=O) groups excluding carboxylic acids is 2. The molecule has 0 spiro atoms. The molecule has 2 aliphatic heterocycles. The van der Waals surface area contributed by atoms with Crippen molar-refractivity contribution in [3.63, 3.8) is 0 Å². The van der Waals surface area contributed by atoms with Gasteiger partial charge in [-0.2, -0.15) is 0 Å². The number of hydrogen-bond acceptors (Lipinski definition) is 4. The van der Waals surface area contributed by atoms with Gasteiger partial charge in [0, 0.05) is 31.8 Å². The monoisotopic (exact) mass is 299 g/mol. The van der Waals surface area contributed by atoms with Crippen molar-refractivity contribution in [3.05, 3.63) is 0 Å². The van der Waals surface area contributed by atoms with E-state index in [0.717, 1.165) is 0 Å². The maximum atomic E-state index is 12.4. The maximum Gasteiger partial charge on any atom is 0.318 e. The average molecular weight is 299 g/mol. The highest BCUT2D eigenvalue weighted by Crippen LogP contribution is 2.21. The molecule has 2 heterocycles. The van der Waals surface area contributed by atoms with Crippen molar-refractivity contribution >= 4 is 17.9 Å². The number of carbonyl (C=O) groups is 3. The van der Waals surface area contributed by atoms with Crippen molar-refractivity contribution in [1.82, 2.24) is 15.5 Å². The molecule has 0 radical (unpaired) electrons. The Morgan fingerprint density at radius 1 is 1.48 bits per heavy atom. The number of carboxylic acid groups (broad SMARTS) is 1. The summed E-state index contributed by atoms with van der Waals surface area (Å²) in [5.41, 5.74) is -0.378. The fourth-order valence-electron chi connectivity index (χ4n) is 2.60. The number of nitrogens with one attached hydrogen (secondary N) is 2. The summed E-state index contributed by atoms with van der Waals surface area (Å²) < 4.78 is 5.28. The predicted molar refractivity (Wildman–Crippen MR) is 72.7 cm³/mol. The lowest BCUT2D eigenvalue weighted by atomic mass is 9.92. The van der Waals surface area contributed by atoms with Crippen LogP contribution >= 0.6 is 0 Å². The summed E-state index contributed by atoms with van der Waals surface area (Å²) in [7, 11) is 0. The van der Waals surface area contributed by atoms with E-state index in [4.69, 9.17) is 9.84 Å². The van der Waals surface area contributed by atoms with Gasteiger partial charge in [-0.3, -0.25) is 9.59 Å². The van der Waals surface area contributed by atoms with Gasteiger partial charge in [0.25, 0.3) is 0 Å². The van der Waals surface area contributed by atoms with Gasteiger partial charge in [-0.25, -0.2) is 4.79 Å². The van der Waals surface area contributed by atoms with Gasteiger partial charge in [0.2, 0.25) is 5.91 Å². The Balaban J connectivity index is 2.04. The molecule has 1 atom stereocenters. The summed E-state index contributed by atoms with van der Waals surface area (Å²) in [5.74, 6) is -1.52. The second-order valence-corrected chi connectivity index (χ2v) is 5.70. The Kier molecular flexibility index (Phi) is 4.66.